The number of aromatic carboxylic acids is 1. The van der Waals surface area contributed by atoms with Gasteiger partial charge in [-0.2, -0.15) is 0 Å². The second-order valence-corrected chi connectivity index (χ2v) is 10.4. The Morgan fingerprint density at radius 3 is 2.58 bits per heavy atom. The number of unbranched alkanes of at least 4 members (excludes halogenated alkanes) is 1. The summed E-state index contributed by atoms with van der Waals surface area (Å²) in [6, 6.07) is 12.4. The fourth-order valence-electron chi connectivity index (χ4n) is 5.23. The number of carboxylic acid groups (broad SMARTS) is 1. The third kappa shape index (κ3) is 5.12. The van der Waals surface area contributed by atoms with Crippen LogP contribution in [0.5, 0.6) is 0 Å². The molecule has 0 bridgehead atoms. The van der Waals surface area contributed by atoms with Crippen LogP contribution in [0.1, 0.15) is 74.0 Å². The molecule has 166 valence electrons. The summed E-state index contributed by atoms with van der Waals surface area (Å²) in [7, 11) is 0. The molecular weight excluding hydrogens is 402 g/mol. The highest BCUT2D eigenvalue weighted by Crippen LogP contribution is 2.43. The predicted molar refractivity (Wildman–Crippen MR) is 131 cm³/mol. The fourth-order valence-corrected chi connectivity index (χ4v) is 6.26. The first-order chi connectivity index (χ1) is 15.1. The lowest BCUT2D eigenvalue weighted by Crippen LogP contribution is -2.35. The lowest BCUT2D eigenvalue weighted by atomic mass is 9.75. The molecule has 1 aromatic carbocycles. The molecule has 0 unspecified atom stereocenters. The standard InChI is InChI=1S/C27H35NO2S/c1-3-4-15-28-16-14-22(24(18-28)20-12-10-19(2)11-13-20)23-17-25(31-26(23)27(29)30)21-8-6-5-7-9-21/h5-9,17,19-20H,3-4,10-16,18H2,1-2H3,(H,29,30). The molecule has 1 saturated carbocycles. The summed E-state index contributed by atoms with van der Waals surface area (Å²) in [5, 5.41) is 10.0. The molecule has 1 aromatic heterocycles. The van der Waals surface area contributed by atoms with Gasteiger partial charge in [-0.25, -0.2) is 4.79 Å². The van der Waals surface area contributed by atoms with Gasteiger partial charge in [0.05, 0.1) is 0 Å². The maximum Gasteiger partial charge on any atom is 0.346 e. The van der Waals surface area contributed by atoms with Gasteiger partial charge in [0.1, 0.15) is 4.88 Å². The van der Waals surface area contributed by atoms with E-state index in [4.69, 9.17) is 0 Å². The zero-order valence-electron chi connectivity index (χ0n) is 18.9. The van der Waals surface area contributed by atoms with Gasteiger partial charge in [-0.15, -0.1) is 11.3 Å². The number of hydrogen-bond donors (Lipinski definition) is 1. The highest BCUT2D eigenvalue weighted by Gasteiger charge is 2.31. The Morgan fingerprint density at radius 1 is 1.16 bits per heavy atom. The smallest absolute Gasteiger partial charge is 0.346 e. The molecule has 1 aliphatic heterocycles. The number of thiophene rings is 1. The van der Waals surface area contributed by atoms with Crippen molar-refractivity contribution in [1.29, 1.82) is 0 Å². The number of rotatable bonds is 7. The quantitative estimate of drug-likeness (QED) is 0.498. The molecule has 2 aliphatic rings. The Hall–Kier alpha value is -1.91. The lowest BCUT2D eigenvalue weighted by molar-refractivity contribution is 0.0702. The Morgan fingerprint density at radius 2 is 1.90 bits per heavy atom. The number of benzene rings is 1. The van der Waals surface area contributed by atoms with Crippen molar-refractivity contribution in [2.75, 3.05) is 19.6 Å². The molecule has 2 aromatic rings. The minimum absolute atomic E-state index is 0.512. The molecular formula is C27H35NO2S. The molecule has 1 N–H and O–H groups in total. The van der Waals surface area contributed by atoms with E-state index in [1.807, 2.05) is 18.2 Å². The van der Waals surface area contributed by atoms with E-state index in [0.29, 0.717) is 10.8 Å². The SMILES string of the molecule is CCCCN1CCC(c2cc(-c3ccccc3)sc2C(=O)O)=C(C2CCC(C)CC2)C1. The first kappa shape index (κ1) is 22.3. The molecule has 31 heavy (non-hydrogen) atoms. The highest BCUT2D eigenvalue weighted by molar-refractivity contribution is 7.17. The van der Waals surface area contributed by atoms with Gasteiger partial charge in [-0.1, -0.05) is 63.4 Å². The molecule has 0 amide bonds. The Labute approximate surface area is 190 Å². The maximum absolute atomic E-state index is 12.2. The van der Waals surface area contributed by atoms with Crippen molar-refractivity contribution in [3.8, 4) is 10.4 Å². The van der Waals surface area contributed by atoms with Crippen LogP contribution in [0, 0.1) is 11.8 Å². The van der Waals surface area contributed by atoms with Crippen LogP contribution in [0.3, 0.4) is 0 Å². The maximum atomic E-state index is 12.2. The van der Waals surface area contributed by atoms with Crippen LogP contribution in [0.4, 0.5) is 0 Å². The van der Waals surface area contributed by atoms with E-state index in [0.717, 1.165) is 48.0 Å². The Kier molecular flexibility index (Phi) is 7.29. The van der Waals surface area contributed by atoms with Gasteiger partial charge in [-0.05, 0) is 66.8 Å². The second kappa shape index (κ2) is 10.1. The summed E-state index contributed by atoms with van der Waals surface area (Å²) >= 11 is 1.43. The molecule has 0 spiro atoms. The van der Waals surface area contributed by atoms with Crippen molar-refractivity contribution in [2.24, 2.45) is 11.8 Å². The zero-order valence-corrected chi connectivity index (χ0v) is 19.7. The van der Waals surface area contributed by atoms with Crippen LogP contribution in [-0.2, 0) is 0 Å². The minimum atomic E-state index is -0.792. The molecule has 0 atom stereocenters. The molecule has 0 radical (unpaired) electrons. The van der Waals surface area contributed by atoms with E-state index >= 15 is 0 Å². The van der Waals surface area contributed by atoms with Crippen molar-refractivity contribution in [3.63, 3.8) is 0 Å². The van der Waals surface area contributed by atoms with E-state index in [1.165, 1.54) is 61.0 Å². The van der Waals surface area contributed by atoms with Crippen molar-refractivity contribution < 1.29 is 9.90 Å². The van der Waals surface area contributed by atoms with E-state index < -0.39 is 5.97 Å². The fraction of sp³-hybridized carbons (Fsp3) is 0.519. The molecule has 4 rings (SSSR count). The van der Waals surface area contributed by atoms with E-state index in [-0.39, 0.29) is 0 Å². The Balaban J connectivity index is 1.74. The van der Waals surface area contributed by atoms with E-state index in [2.05, 4.69) is 36.9 Å². The summed E-state index contributed by atoms with van der Waals surface area (Å²) in [6.07, 6.45) is 8.51. The summed E-state index contributed by atoms with van der Waals surface area (Å²) < 4.78 is 0. The van der Waals surface area contributed by atoms with Crippen LogP contribution >= 0.6 is 11.3 Å². The number of carboxylic acids is 1. The van der Waals surface area contributed by atoms with Gasteiger partial charge >= 0.3 is 5.97 Å². The first-order valence-electron chi connectivity index (χ1n) is 11.9. The molecule has 2 heterocycles. The monoisotopic (exact) mass is 437 g/mol. The average molecular weight is 438 g/mol. The van der Waals surface area contributed by atoms with Crippen molar-refractivity contribution >= 4 is 22.9 Å². The van der Waals surface area contributed by atoms with Crippen LogP contribution in [-0.4, -0.2) is 35.6 Å². The predicted octanol–water partition coefficient (Wildman–Crippen LogP) is 7.20. The number of carbonyl (C=O) groups is 1. The third-order valence-corrected chi connectivity index (χ3v) is 8.28. The van der Waals surface area contributed by atoms with Crippen LogP contribution < -0.4 is 0 Å². The number of nitrogens with zero attached hydrogens (tertiary/aromatic N) is 1. The van der Waals surface area contributed by atoms with Gasteiger partial charge in [0.2, 0.25) is 0 Å². The second-order valence-electron chi connectivity index (χ2n) is 9.36. The zero-order chi connectivity index (χ0) is 21.8. The molecule has 0 saturated heterocycles. The lowest BCUT2D eigenvalue weighted by Gasteiger charge is -2.37. The molecule has 1 fully saturated rings. The summed E-state index contributed by atoms with van der Waals surface area (Å²) in [5.41, 5.74) is 4.97. The summed E-state index contributed by atoms with van der Waals surface area (Å²) in [4.78, 5) is 16.4. The molecule has 4 heteroatoms. The van der Waals surface area contributed by atoms with Crippen LogP contribution in [0.2, 0.25) is 0 Å². The van der Waals surface area contributed by atoms with E-state index in [1.54, 1.807) is 0 Å². The summed E-state index contributed by atoms with van der Waals surface area (Å²) in [6.45, 7) is 7.83. The number of hydrogen-bond acceptors (Lipinski definition) is 3. The van der Waals surface area contributed by atoms with Gasteiger partial charge in [0.15, 0.2) is 0 Å². The van der Waals surface area contributed by atoms with Gasteiger partial charge < -0.3 is 5.11 Å². The van der Waals surface area contributed by atoms with Crippen LogP contribution in [0.15, 0.2) is 42.0 Å². The largest absolute Gasteiger partial charge is 0.477 e. The average Bonchev–Trinajstić information content (AvgIpc) is 3.24. The van der Waals surface area contributed by atoms with Crippen LogP contribution in [0.25, 0.3) is 16.0 Å². The van der Waals surface area contributed by atoms with Gasteiger partial charge in [0.25, 0.3) is 0 Å². The highest BCUT2D eigenvalue weighted by atomic mass is 32.1. The van der Waals surface area contributed by atoms with E-state index in [9.17, 15) is 9.90 Å². The topological polar surface area (TPSA) is 40.5 Å². The van der Waals surface area contributed by atoms with Crippen molar-refractivity contribution in [1.82, 2.24) is 4.90 Å². The molecule has 3 nitrogen and oxygen atoms in total. The van der Waals surface area contributed by atoms with Gasteiger partial charge in [0, 0.05) is 23.5 Å². The van der Waals surface area contributed by atoms with Crippen molar-refractivity contribution in [2.45, 2.75) is 58.8 Å². The summed E-state index contributed by atoms with van der Waals surface area (Å²) in [5.74, 6) is 0.637. The van der Waals surface area contributed by atoms with Crippen molar-refractivity contribution in [3.05, 3.63) is 52.4 Å². The first-order valence-corrected chi connectivity index (χ1v) is 12.8. The third-order valence-electron chi connectivity index (χ3n) is 7.11. The Bertz CT molecular complexity index is 922. The van der Waals surface area contributed by atoms with Gasteiger partial charge in [-0.3, -0.25) is 4.90 Å². The molecule has 1 aliphatic carbocycles. The normalized spacial score (nSPS) is 22.6. The minimum Gasteiger partial charge on any atom is -0.477 e.